The van der Waals surface area contributed by atoms with Gasteiger partial charge in [-0.2, -0.15) is 0 Å². The van der Waals surface area contributed by atoms with Gasteiger partial charge in [0.2, 0.25) is 11.8 Å². The zero-order valence-electron chi connectivity index (χ0n) is 15.6. The first-order valence-corrected chi connectivity index (χ1v) is 10.6. The van der Waals surface area contributed by atoms with Gasteiger partial charge in [-0.1, -0.05) is 6.07 Å². The molecule has 3 rings (SSSR count). The summed E-state index contributed by atoms with van der Waals surface area (Å²) >= 11 is 2.85. The van der Waals surface area contributed by atoms with E-state index in [-0.39, 0.29) is 24.3 Å². The van der Waals surface area contributed by atoms with Gasteiger partial charge in [-0.15, -0.1) is 23.1 Å². The SMILES string of the molecule is COc1ccc(NC(=O)C2CSCN2C(=O)CN(C)C(=O)c2cccs2)cc1. The Balaban J connectivity index is 1.60. The molecule has 1 aliphatic rings. The van der Waals surface area contributed by atoms with E-state index in [0.717, 1.165) is 0 Å². The zero-order chi connectivity index (χ0) is 20.1. The molecule has 1 unspecified atom stereocenters. The van der Waals surface area contributed by atoms with Crippen molar-refractivity contribution in [2.75, 3.05) is 37.6 Å². The van der Waals surface area contributed by atoms with Crippen molar-refractivity contribution in [3.63, 3.8) is 0 Å². The first-order chi connectivity index (χ1) is 13.5. The van der Waals surface area contributed by atoms with Gasteiger partial charge in [0, 0.05) is 18.5 Å². The molecule has 9 heteroatoms. The Bertz CT molecular complexity index is 839. The molecular weight excluding hydrogens is 398 g/mol. The van der Waals surface area contributed by atoms with Crippen LogP contribution in [0.5, 0.6) is 5.75 Å². The first-order valence-electron chi connectivity index (χ1n) is 8.60. The number of anilines is 1. The number of hydrogen-bond donors (Lipinski definition) is 1. The molecule has 148 valence electrons. The molecule has 1 N–H and O–H groups in total. The number of thiophene rings is 1. The quantitative estimate of drug-likeness (QED) is 0.778. The summed E-state index contributed by atoms with van der Waals surface area (Å²) in [5, 5.41) is 4.66. The number of ether oxygens (including phenoxy) is 1. The van der Waals surface area contributed by atoms with Gasteiger partial charge in [-0.05, 0) is 35.7 Å². The van der Waals surface area contributed by atoms with E-state index < -0.39 is 6.04 Å². The lowest BCUT2D eigenvalue weighted by atomic mass is 10.2. The summed E-state index contributed by atoms with van der Waals surface area (Å²) in [6, 6.07) is 9.97. The number of thioether (sulfide) groups is 1. The van der Waals surface area contributed by atoms with Gasteiger partial charge in [0.1, 0.15) is 11.8 Å². The van der Waals surface area contributed by atoms with E-state index in [4.69, 9.17) is 4.74 Å². The van der Waals surface area contributed by atoms with Gasteiger partial charge in [-0.3, -0.25) is 14.4 Å². The smallest absolute Gasteiger partial charge is 0.264 e. The van der Waals surface area contributed by atoms with E-state index in [1.807, 2.05) is 5.38 Å². The monoisotopic (exact) mass is 419 g/mol. The average molecular weight is 420 g/mol. The third-order valence-electron chi connectivity index (χ3n) is 4.31. The van der Waals surface area contributed by atoms with Crippen molar-refractivity contribution in [3.8, 4) is 5.75 Å². The summed E-state index contributed by atoms with van der Waals surface area (Å²) in [5.74, 6) is 0.971. The number of likely N-dealkylation sites (N-methyl/N-ethyl adjacent to an activating group) is 1. The fourth-order valence-electron chi connectivity index (χ4n) is 2.76. The molecule has 0 radical (unpaired) electrons. The third-order valence-corrected chi connectivity index (χ3v) is 6.18. The summed E-state index contributed by atoms with van der Waals surface area (Å²) in [4.78, 5) is 41.2. The van der Waals surface area contributed by atoms with Crippen LogP contribution in [-0.4, -0.2) is 65.9 Å². The molecular formula is C19H21N3O4S2. The number of methoxy groups -OCH3 is 1. The second-order valence-corrected chi connectivity index (χ2v) is 8.18. The first kappa shape index (κ1) is 20.2. The fraction of sp³-hybridized carbons (Fsp3) is 0.316. The van der Waals surface area contributed by atoms with Gasteiger partial charge < -0.3 is 19.9 Å². The van der Waals surface area contributed by atoms with Crippen molar-refractivity contribution in [3.05, 3.63) is 46.7 Å². The second kappa shape index (κ2) is 9.11. The number of nitrogens with one attached hydrogen (secondary N) is 1. The lowest BCUT2D eigenvalue weighted by Gasteiger charge is -2.25. The van der Waals surface area contributed by atoms with Crippen molar-refractivity contribution in [1.29, 1.82) is 0 Å². The van der Waals surface area contributed by atoms with E-state index in [1.165, 1.54) is 32.9 Å². The molecule has 0 spiro atoms. The van der Waals surface area contributed by atoms with Crippen LogP contribution < -0.4 is 10.1 Å². The van der Waals surface area contributed by atoms with Crippen molar-refractivity contribution in [2.45, 2.75) is 6.04 Å². The fourth-order valence-corrected chi connectivity index (χ4v) is 4.66. The number of carbonyl (C=O) groups is 3. The van der Waals surface area contributed by atoms with Crippen LogP contribution in [-0.2, 0) is 9.59 Å². The van der Waals surface area contributed by atoms with Gasteiger partial charge in [-0.25, -0.2) is 0 Å². The highest BCUT2D eigenvalue weighted by Gasteiger charge is 2.35. The summed E-state index contributed by atoms with van der Waals surface area (Å²) in [6.07, 6.45) is 0. The van der Waals surface area contributed by atoms with Gasteiger partial charge in [0.25, 0.3) is 5.91 Å². The molecule has 28 heavy (non-hydrogen) atoms. The predicted molar refractivity (Wildman–Crippen MR) is 111 cm³/mol. The van der Waals surface area contributed by atoms with Gasteiger partial charge in [0.05, 0.1) is 24.4 Å². The molecule has 1 saturated heterocycles. The molecule has 1 aliphatic heterocycles. The maximum atomic E-state index is 12.7. The molecule has 0 aliphatic carbocycles. The Hall–Kier alpha value is -2.52. The highest BCUT2D eigenvalue weighted by atomic mass is 32.2. The average Bonchev–Trinajstić information content (AvgIpc) is 3.39. The maximum absolute atomic E-state index is 12.7. The molecule has 2 aromatic rings. The van der Waals surface area contributed by atoms with E-state index in [0.29, 0.717) is 27.9 Å². The van der Waals surface area contributed by atoms with Crippen LogP contribution in [0.1, 0.15) is 9.67 Å². The van der Waals surface area contributed by atoms with Crippen LogP contribution in [0.4, 0.5) is 5.69 Å². The molecule has 1 aromatic carbocycles. The Morgan fingerprint density at radius 3 is 2.64 bits per heavy atom. The predicted octanol–water partition coefficient (Wildman–Crippen LogP) is 2.37. The number of nitrogens with zero attached hydrogens (tertiary/aromatic N) is 2. The molecule has 1 fully saturated rings. The molecule has 1 atom stereocenters. The molecule has 1 aromatic heterocycles. The Morgan fingerprint density at radius 2 is 2.00 bits per heavy atom. The number of carbonyl (C=O) groups excluding carboxylic acids is 3. The molecule has 0 bridgehead atoms. The molecule has 3 amide bonds. The van der Waals surface area contributed by atoms with Crippen molar-refractivity contribution in [1.82, 2.24) is 9.80 Å². The van der Waals surface area contributed by atoms with Crippen LogP contribution in [0.2, 0.25) is 0 Å². The molecule has 2 heterocycles. The zero-order valence-corrected chi connectivity index (χ0v) is 17.2. The minimum atomic E-state index is -0.565. The maximum Gasteiger partial charge on any atom is 0.264 e. The van der Waals surface area contributed by atoms with Crippen LogP contribution in [0.25, 0.3) is 0 Å². The normalized spacial score (nSPS) is 15.9. The summed E-state index contributed by atoms with van der Waals surface area (Å²) < 4.78 is 5.11. The Kier molecular flexibility index (Phi) is 6.58. The lowest BCUT2D eigenvalue weighted by Crippen LogP contribution is -2.48. The number of amides is 3. The third kappa shape index (κ3) is 4.66. The summed E-state index contributed by atoms with van der Waals surface area (Å²) in [6.45, 7) is -0.0659. The highest BCUT2D eigenvalue weighted by Crippen LogP contribution is 2.23. The number of rotatable bonds is 6. The number of benzene rings is 1. The van der Waals surface area contributed by atoms with Crippen molar-refractivity contribution >= 4 is 46.5 Å². The largest absolute Gasteiger partial charge is 0.497 e. The van der Waals surface area contributed by atoms with Crippen LogP contribution in [0.15, 0.2) is 41.8 Å². The topological polar surface area (TPSA) is 79.0 Å². The summed E-state index contributed by atoms with van der Waals surface area (Å²) in [5.41, 5.74) is 0.639. The highest BCUT2D eigenvalue weighted by molar-refractivity contribution is 7.99. The van der Waals surface area contributed by atoms with Crippen LogP contribution in [0.3, 0.4) is 0 Å². The lowest BCUT2D eigenvalue weighted by molar-refractivity contribution is -0.136. The standard InChI is InChI=1S/C19H21N3O4S2/c1-21(19(25)16-4-3-9-28-16)10-17(23)22-12-27-11-15(22)18(24)20-13-5-7-14(26-2)8-6-13/h3-9,15H,10-12H2,1-2H3,(H,20,24). The van der Waals surface area contributed by atoms with Crippen LogP contribution in [0, 0.1) is 0 Å². The molecule has 0 saturated carbocycles. The van der Waals surface area contributed by atoms with Gasteiger partial charge >= 0.3 is 0 Å². The minimum absolute atomic E-state index is 0.0659. The van der Waals surface area contributed by atoms with E-state index in [9.17, 15) is 14.4 Å². The Morgan fingerprint density at radius 1 is 1.25 bits per heavy atom. The van der Waals surface area contributed by atoms with Gasteiger partial charge in [0.15, 0.2) is 0 Å². The second-order valence-electron chi connectivity index (χ2n) is 6.24. The van der Waals surface area contributed by atoms with Crippen molar-refractivity contribution < 1.29 is 19.1 Å². The van der Waals surface area contributed by atoms with E-state index >= 15 is 0 Å². The van der Waals surface area contributed by atoms with Crippen LogP contribution >= 0.6 is 23.1 Å². The Labute approximate surface area is 171 Å². The molecule has 7 nitrogen and oxygen atoms in total. The van der Waals surface area contributed by atoms with E-state index in [2.05, 4.69) is 5.32 Å². The summed E-state index contributed by atoms with van der Waals surface area (Å²) in [7, 11) is 3.17. The minimum Gasteiger partial charge on any atom is -0.497 e. The number of hydrogen-bond acceptors (Lipinski definition) is 6. The van der Waals surface area contributed by atoms with Crippen molar-refractivity contribution in [2.24, 2.45) is 0 Å². The van der Waals surface area contributed by atoms with E-state index in [1.54, 1.807) is 50.6 Å².